The summed E-state index contributed by atoms with van der Waals surface area (Å²) in [5.74, 6) is 0.252. The molecule has 0 aliphatic carbocycles. The molecule has 4 nitrogen and oxygen atoms in total. The van der Waals surface area contributed by atoms with Crippen LogP contribution in [0.1, 0.15) is 43.7 Å². The van der Waals surface area contributed by atoms with Crippen LogP contribution in [0.3, 0.4) is 0 Å². The number of pyridine rings is 2. The molecule has 30 heavy (non-hydrogen) atoms. The molecule has 3 aromatic rings. The fourth-order valence-corrected chi connectivity index (χ4v) is 3.27. The van der Waals surface area contributed by atoms with Crippen molar-refractivity contribution in [2.75, 3.05) is 0 Å². The first-order chi connectivity index (χ1) is 14.5. The summed E-state index contributed by atoms with van der Waals surface area (Å²) in [6, 6.07) is 12.5. The first kappa shape index (κ1) is 21.5. The van der Waals surface area contributed by atoms with E-state index in [0.29, 0.717) is 29.1 Å². The molecule has 2 heterocycles. The van der Waals surface area contributed by atoms with Gasteiger partial charge in [-0.1, -0.05) is 24.6 Å². The summed E-state index contributed by atoms with van der Waals surface area (Å²) in [5, 5.41) is 0. The van der Waals surface area contributed by atoms with Gasteiger partial charge in [-0.25, -0.2) is 14.4 Å². The van der Waals surface area contributed by atoms with E-state index in [0.717, 1.165) is 31.2 Å². The van der Waals surface area contributed by atoms with Gasteiger partial charge in [-0.15, -0.1) is 0 Å². The fourth-order valence-electron chi connectivity index (χ4n) is 3.27. The molecule has 0 bridgehead atoms. The van der Waals surface area contributed by atoms with Crippen LogP contribution in [0.15, 0.2) is 66.0 Å². The highest BCUT2D eigenvalue weighted by Gasteiger charge is 2.10. The second-order valence-electron chi connectivity index (χ2n) is 7.38. The second-order valence-corrected chi connectivity index (χ2v) is 7.38. The quantitative estimate of drug-likeness (QED) is 0.322. The molecular formula is C25H26FN3O. The number of Topliss-reactive ketones (excluding diaryl/α,β-unsaturated/α-hetero) is 1. The normalized spacial score (nSPS) is 11.5. The number of carbonyl (C=O) groups excluding carboxylic acids is 1. The van der Waals surface area contributed by atoms with E-state index >= 15 is 0 Å². The van der Waals surface area contributed by atoms with Crippen LogP contribution in [0, 0.1) is 12.7 Å². The molecule has 5 heteroatoms. The van der Waals surface area contributed by atoms with Crippen LogP contribution in [0.25, 0.3) is 11.1 Å². The van der Waals surface area contributed by atoms with E-state index < -0.39 is 0 Å². The zero-order valence-corrected chi connectivity index (χ0v) is 17.4. The zero-order chi connectivity index (χ0) is 21.3. The highest BCUT2D eigenvalue weighted by Crippen LogP contribution is 2.26. The first-order valence-corrected chi connectivity index (χ1v) is 10.2. The van der Waals surface area contributed by atoms with Crippen molar-refractivity contribution in [1.29, 1.82) is 0 Å². The lowest BCUT2D eigenvalue weighted by atomic mass is 10.0. The van der Waals surface area contributed by atoms with Crippen LogP contribution in [0.2, 0.25) is 0 Å². The van der Waals surface area contributed by atoms with E-state index in [1.54, 1.807) is 43.7 Å². The Hall–Kier alpha value is -3.21. The van der Waals surface area contributed by atoms with E-state index in [4.69, 9.17) is 0 Å². The second kappa shape index (κ2) is 10.5. The number of aliphatic imine (C=N–C) groups is 1. The number of nitrogens with zero attached hydrogens (tertiary/aromatic N) is 3. The molecule has 0 unspecified atom stereocenters. The Bertz CT molecular complexity index is 1030. The van der Waals surface area contributed by atoms with Crippen LogP contribution < -0.4 is 0 Å². The summed E-state index contributed by atoms with van der Waals surface area (Å²) in [7, 11) is 0. The summed E-state index contributed by atoms with van der Waals surface area (Å²) in [4.78, 5) is 25.2. The Morgan fingerprint density at radius 2 is 1.83 bits per heavy atom. The molecule has 0 aliphatic rings. The molecular weight excluding hydrogens is 377 g/mol. The summed E-state index contributed by atoms with van der Waals surface area (Å²) in [5.41, 5.74) is 3.74. The number of unbranched alkanes of at least 4 members (excludes halogenated alkanes) is 2. The number of hydrogen-bond donors (Lipinski definition) is 0. The number of ketones is 1. The summed E-state index contributed by atoms with van der Waals surface area (Å²) in [6.45, 7) is 3.60. The van der Waals surface area contributed by atoms with Gasteiger partial charge in [0.1, 0.15) is 5.82 Å². The topological polar surface area (TPSA) is 55.2 Å². The smallest absolute Gasteiger partial charge is 0.176 e. The molecule has 0 saturated carbocycles. The molecule has 0 N–H and O–H groups in total. The van der Waals surface area contributed by atoms with E-state index in [1.165, 1.54) is 11.6 Å². The Morgan fingerprint density at radius 3 is 2.57 bits per heavy atom. The molecule has 0 aliphatic heterocycles. The van der Waals surface area contributed by atoms with Crippen molar-refractivity contribution in [1.82, 2.24) is 9.97 Å². The van der Waals surface area contributed by atoms with E-state index in [9.17, 15) is 9.18 Å². The minimum Gasteiger partial charge on any atom is -0.293 e. The van der Waals surface area contributed by atoms with Gasteiger partial charge >= 0.3 is 0 Å². The standard InChI is InChI=1S/C25H26FN3O/c1-18-16-21(22-9-6-7-10-23(22)26)17-28-25(18)29-19(2)24(30)11-5-3-4-8-20-12-14-27-15-13-20/h6-7,9-10,12-17H,3-5,8,11H2,1-2H3/b29-19+. The zero-order valence-electron chi connectivity index (χ0n) is 17.4. The third-order valence-corrected chi connectivity index (χ3v) is 5.03. The van der Waals surface area contributed by atoms with Crippen molar-refractivity contribution in [2.45, 2.75) is 46.0 Å². The molecule has 2 aromatic heterocycles. The maximum absolute atomic E-state index is 14.0. The van der Waals surface area contributed by atoms with Gasteiger partial charge in [0, 0.05) is 36.1 Å². The third-order valence-electron chi connectivity index (χ3n) is 5.03. The van der Waals surface area contributed by atoms with Gasteiger partial charge in [-0.05, 0) is 68.5 Å². The van der Waals surface area contributed by atoms with Gasteiger partial charge in [0.25, 0.3) is 0 Å². The number of aromatic nitrogens is 2. The lowest BCUT2D eigenvalue weighted by Crippen LogP contribution is -2.09. The predicted octanol–water partition coefficient (Wildman–Crippen LogP) is 6.06. The maximum atomic E-state index is 14.0. The van der Waals surface area contributed by atoms with Crippen molar-refractivity contribution in [2.24, 2.45) is 4.99 Å². The highest BCUT2D eigenvalue weighted by molar-refractivity contribution is 6.39. The fraction of sp³-hybridized carbons (Fsp3) is 0.280. The van der Waals surface area contributed by atoms with Crippen molar-refractivity contribution in [3.05, 3.63) is 78.0 Å². The first-order valence-electron chi connectivity index (χ1n) is 10.2. The number of rotatable bonds is 9. The Kier molecular flexibility index (Phi) is 7.55. The molecule has 0 saturated heterocycles. The van der Waals surface area contributed by atoms with Gasteiger partial charge in [0.05, 0.1) is 5.71 Å². The van der Waals surface area contributed by atoms with Crippen LogP contribution in [-0.4, -0.2) is 21.5 Å². The average molecular weight is 404 g/mol. The van der Waals surface area contributed by atoms with Crippen molar-refractivity contribution >= 4 is 17.3 Å². The van der Waals surface area contributed by atoms with Gasteiger partial charge in [0.2, 0.25) is 0 Å². The van der Waals surface area contributed by atoms with Crippen molar-refractivity contribution < 1.29 is 9.18 Å². The molecule has 0 amide bonds. The SMILES string of the molecule is C/C(=N\c1ncc(-c2ccccc2F)cc1C)C(=O)CCCCCc1ccncc1. The molecule has 0 spiro atoms. The largest absolute Gasteiger partial charge is 0.293 e. The van der Waals surface area contributed by atoms with E-state index in [-0.39, 0.29) is 11.6 Å². The number of carbonyl (C=O) groups is 1. The molecule has 0 radical (unpaired) electrons. The van der Waals surface area contributed by atoms with Crippen LogP contribution in [0.4, 0.5) is 10.2 Å². The Morgan fingerprint density at radius 1 is 1.07 bits per heavy atom. The number of aryl methyl sites for hydroxylation is 2. The summed E-state index contributed by atoms with van der Waals surface area (Å²) in [6.07, 6.45) is 9.58. The maximum Gasteiger partial charge on any atom is 0.176 e. The summed E-state index contributed by atoms with van der Waals surface area (Å²) < 4.78 is 14.0. The van der Waals surface area contributed by atoms with Gasteiger partial charge < -0.3 is 0 Å². The van der Waals surface area contributed by atoms with Crippen LogP contribution in [-0.2, 0) is 11.2 Å². The molecule has 0 fully saturated rings. The lowest BCUT2D eigenvalue weighted by molar-refractivity contribution is -0.113. The van der Waals surface area contributed by atoms with Gasteiger partial charge in [0.15, 0.2) is 11.6 Å². The lowest BCUT2D eigenvalue weighted by Gasteiger charge is -2.07. The minimum absolute atomic E-state index is 0.0401. The molecule has 154 valence electrons. The monoisotopic (exact) mass is 403 g/mol. The van der Waals surface area contributed by atoms with Gasteiger partial charge in [-0.3, -0.25) is 9.78 Å². The van der Waals surface area contributed by atoms with Crippen molar-refractivity contribution in [3.63, 3.8) is 0 Å². The van der Waals surface area contributed by atoms with Crippen LogP contribution in [0.5, 0.6) is 0 Å². The van der Waals surface area contributed by atoms with E-state index in [1.807, 2.05) is 25.1 Å². The predicted molar refractivity (Wildman–Crippen MR) is 119 cm³/mol. The highest BCUT2D eigenvalue weighted by atomic mass is 19.1. The molecule has 0 atom stereocenters. The molecule has 3 rings (SSSR count). The minimum atomic E-state index is -0.287. The van der Waals surface area contributed by atoms with Crippen LogP contribution >= 0.6 is 0 Å². The Labute approximate surface area is 176 Å². The molecule has 1 aromatic carbocycles. The third kappa shape index (κ3) is 5.89. The number of benzene rings is 1. The number of halogens is 1. The van der Waals surface area contributed by atoms with Crippen molar-refractivity contribution in [3.8, 4) is 11.1 Å². The summed E-state index contributed by atoms with van der Waals surface area (Å²) >= 11 is 0. The Balaban J connectivity index is 1.54. The number of hydrogen-bond acceptors (Lipinski definition) is 4. The van der Waals surface area contributed by atoms with E-state index in [2.05, 4.69) is 15.0 Å². The average Bonchev–Trinajstić information content (AvgIpc) is 2.76. The van der Waals surface area contributed by atoms with Gasteiger partial charge in [-0.2, -0.15) is 0 Å².